The fraction of sp³-hybridized carbons (Fsp3) is 0.621. The van der Waals surface area contributed by atoms with Gasteiger partial charge in [-0.25, -0.2) is 9.59 Å². The lowest BCUT2D eigenvalue weighted by Gasteiger charge is -2.41. The van der Waals surface area contributed by atoms with Gasteiger partial charge in [0.15, 0.2) is 5.78 Å². The van der Waals surface area contributed by atoms with Crippen molar-refractivity contribution in [1.82, 2.24) is 15.5 Å². The summed E-state index contributed by atoms with van der Waals surface area (Å²) in [5.74, 6) is -4.18. The second-order valence-corrected chi connectivity index (χ2v) is 24.8. The third-order valence-electron chi connectivity index (χ3n) is 17.6. The van der Waals surface area contributed by atoms with Crippen molar-refractivity contribution in [2.24, 2.45) is 29.4 Å². The number of carbonyl (C=O) groups is 9. The van der Waals surface area contributed by atoms with Gasteiger partial charge in [0, 0.05) is 83.2 Å². The Hall–Kier alpha value is -6.48. The summed E-state index contributed by atoms with van der Waals surface area (Å²) in [5.41, 5.74) is 5.00. The number of primary amides is 1. The predicted octanol–water partition coefficient (Wildman–Crippen LogP) is 8.70. The number of nitrogens with two attached hydrogens (primary N) is 1. The first kappa shape index (κ1) is 71.3. The number of methoxy groups -OCH3 is 2. The van der Waals surface area contributed by atoms with Gasteiger partial charge in [-0.2, -0.15) is 0 Å². The minimum Gasteiger partial charge on any atom is -0.495 e. The number of unbranched alkanes of at least 4 members (excludes halogenated alkanes) is 3. The lowest BCUT2D eigenvalue weighted by Crippen LogP contribution is -2.53. The molecule has 5 amide bonds. The number of esters is 2. The standard InChI is InChI=1S/C66H94ClN5O15/c1-13-45(14-2)51(74)24-18-16-15-17-22-47(73)35-48(39(3)4)61(78)70-49(23-20-30-69-64(68)81)52(75)33-43-26-28-46(29-27-43)62(79)71(9)42(7)63(80)86-56-36-57(76)72(10)50-32-44(34-53(83-11)59(50)67)31-40(5)21-19-25-55(84-12)66(82)37-54(85-58(77)38-66)41(6)60-65(56,8)87-60/h19,21,25-29,32,34,39,41-42,45,48-49,54-56,60,82H,13-18,20,22-24,30-31,33,35-38H2,1-12H3,(H,70,78)(H3,68,69,81)/b25-19+,40-21+/t41-,42+,48+,49+,54+,55-,56+,60+,65+,66-/m1/s1. The Bertz CT molecular complexity index is 2840. The Morgan fingerprint density at radius 1 is 0.954 bits per heavy atom. The average Bonchev–Trinajstić information content (AvgIpc) is 1.62. The van der Waals surface area contributed by atoms with E-state index in [1.165, 1.54) is 50.1 Å². The van der Waals surface area contributed by atoms with E-state index in [-0.39, 0.29) is 72.6 Å². The highest BCUT2D eigenvalue weighted by molar-refractivity contribution is 6.35. The first-order valence-corrected chi connectivity index (χ1v) is 31.1. The molecule has 0 aromatic heterocycles. The number of hydrogen-bond donors (Lipinski definition) is 4. The van der Waals surface area contributed by atoms with Gasteiger partial charge in [0.1, 0.15) is 57.9 Å². The number of allylic oxidation sites excluding steroid dienone is 3. The summed E-state index contributed by atoms with van der Waals surface area (Å²) in [7, 11) is 5.89. The van der Waals surface area contributed by atoms with Gasteiger partial charge >= 0.3 is 18.0 Å². The van der Waals surface area contributed by atoms with Gasteiger partial charge in [-0.15, -0.1) is 0 Å². The third-order valence-corrected chi connectivity index (χ3v) is 18.0. The lowest BCUT2D eigenvalue weighted by molar-refractivity contribution is -0.187. The van der Waals surface area contributed by atoms with Gasteiger partial charge in [-0.1, -0.05) is 95.0 Å². The summed E-state index contributed by atoms with van der Waals surface area (Å²) in [5, 5.41) is 17.6. The zero-order chi connectivity index (χ0) is 64.5. The molecule has 3 heterocycles. The van der Waals surface area contributed by atoms with E-state index in [0.29, 0.717) is 54.9 Å². The minimum absolute atomic E-state index is 0.00774. The van der Waals surface area contributed by atoms with Crippen molar-refractivity contribution < 1.29 is 71.9 Å². The maximum absolute atomic E-state index is 14.5. The Labute approximate surface area is 518 Å². The highest BCUT2D eigenvalue weighted by Crippen LogP contribution is 2.50. The molecular weight excluding hydrogens is 1140 g/mol. The van der Waals surface area contributed by atoms with Crippen molar-refractivity contribution in [3.63, 3.8) is 0 Å². The van der Waals surface area contributed by atoms with Crippen molar-refractivity contribution in [2.75, 3.05) is 39.8 Å². The number of ketones is 3. The molecule has 0 radical (unpaired) electrons. The molecule has 3 aliphatic heterocycles. The van der Waals surface area contributed by atoms with Crippen LogP contribution in [0.1, 0.15) is 167 Å². The van der Waals surface area contributed by atoms with Crippen molar-refractivity contribution in [2.45, 2.75) is 206 Å². The van der Waals surface area contributed by atoms with E-state index in [0.717, 1.165) is 43.2 Å². The van der Waals surface area contributed by atoms with Crippen LogP contribution < -0.4 is 26.0 Å². The van der Waals surface area contributed by atoms with E-state index in [4.69, 9.17) is 41.0 Å². The maximum Gasteiger partial charge on any atom is 0.328 e. The van der Waals surface area contributed by atoms with Crippen LogP contribution in [0.2, 0.25) is 5.02 Å². The molecule has 3 aliphatic rings. The number of hydrogen-bond acceptors (Lipinski definition) is 15. The van der Waals surface area contributed by atoms with Crippen LogP contribution in [0.25, 0.3) is 0 Å². The van der Waals surface area contributed by atoms with Crippen LogP contribution in [0.15, 0.2) is 60.2 Å². The van der Waals surface area contributed by atoms with Crippen LogP contribution in [0, 0.1) is 23.7 Å². The molecule has 2 fully saturated rings. The number of urea groups is 1. The van der Waals surface area contributed by atoms with Crippen LogP contribution in [-0.4, -0.2) is 146 Å². The number of halogens is 1. The summed E-state index contributed by atoms with van der Waals surface area (Å²) in [4.78, 5) is 124. The molecule has 2 aromatic rings. The van der Waals surface area contributed by atoms with Crippen molar-refractivity contribution >= 4 is 70.3 Å². The molecule has 0 saturated carbocycles. The van der Waals surface area contributed by atoms with Crippen LogP contribution >= 0.6 is 11.6 Å². The van der Waals surface area contributed by atoms with Gasteiger partial charge < -0.3 is 55.0 Å². The molecule has 2 aromatic carbocycles. The number of carbonyl (C=O) groups excluding carboxylic acids is 9. The Balaban J connectivity index is 1.30. The SMILES string of the molecule is CCC(CC)C(=O)CCCCCCC(=O)C[C@H](C(=O)N[C@@H](CCCNC(N)=O)C(=O)Cc1ccc(C(=O)N(C)[C@@H](C)C(=O)O[C@H]2CC(=O)N(C)c3cc(cc(OC)c3Cl)C/C(C)=C/C=C/[C@@H](OC)[C@]3(O)CC(=O)O[C@@H](C3)[C@@H](C)[C@@H]3O[C@@]23C)cc1)C(C)C. The molecule has 0 aliphatic carbocycles. The number of fused-ring (bicyclic) bond motifs is 5. The molecular formula is C66H94ClN5O15. The molecule has 0 unspecified atom stereocenters. The normalized spacial score (nSPS) is 24.3. The number of nitrogens with zero attached hydrogens (tertiary/aromatic N) is 2. The van der Waals surface area contributed by atoms with E-state index in [1.807, 2.05) is 40.7 Å². The van der Waals surface area contributed by atoms with E-state index in [9.17, 15) is 48.3 Å². The zero-order valence-electron chi connectivity index (χ0n) is 53.0. The number of epoxide rings is 1. The summed E-state index contributed by atoms with van der Waals surface area (Å²) in [6.45, 7) is 14.8. The molecule has 5 N–H and O–H groups in total. The Morgan fingerprint density at radius 3 is 2.24 bits per heavy atom. The van der Waals surface area contributed by atoms with E-state index < -0.39 is 102 Å². The van der Waals surface area contributed by atoms with Gasteiger partial charge in [-0.05, 0) is 107 Å². The number of anilines is 1. The Morgan fingerprint density at radius 2 is 1.62 bits per heavy atom. The number of amides is 5. The van der Waals surface area contributed by atoms with E-state index in [1.54, 1.807) is 57.3 Å². The van der Waals surface area contributed by atoms with E-state index >= 15 is 0 Å². The highest BCUT2D eigenvalue weighted by Gasteiger charge is 2.64. The van der Waals surface area contributed by atoms with Crippen LogP contribution in [0.3, 0.4) is 0 Å². The second kappa shape index (κ2) is 32.7. The smallest absolute Gasteiger partial charge is 0.328 e. The monoisotopic (exact) mass is 1230 g/mol. The molecule has 0 spiro atoms. The van der Waals surface area contributed by atoms with E-state index in [2.05, 4.69) is 10.6 Å². The summed E-state index contributed by atoms with van der Waals surface area (Å²) < 4.78 is 29.8. The predicted molar refractivity (Wildman–Crippen MR) is 330 cm³/mol. The van der Waals surface area contributed by atoms with Crippen molar-refractivity contribution in [3.05, 3.63) is 81.9 Å². The number of benzene rings is 2. The lowest BCUT2D eigenvalue weighted by atomic mass is 9.78. The fourth-order valence-electron chi connectivity index (χ4n) is 11.7. The quantitative estimate of drug-likeness (QED) is 0.0352. The van der Waals surface area contributed by atoms with Crippen LogP contribution in [0.4, 0.5) is 10.5 Å². The number of likely N-dealkylation sites (N-methyl/N-ethyl adjacent to an activating group) is 1. The zero-order valence-corrected chi connectivity index (χ0v) is 53.8. The number of aliphatic hydroxyl groups is 1. The number of ether oxygens (including phenoxy) is 5. The molecule has 21 heteroatoms. The second-order valence-electron chi connectivity index (χ2n) is 24.5. The van der Waals surface area contributed by atoms with Gasteiger partial charge in [0.25, 0.3) is 5.91 Å². The molecule has 5 rings (SSSR count). The number of Topliss-reactive ketones (excluding diaryl/α,β-unsaturated/α-hetero) is 3. The van der Waals surface area contributed by atoms with Gasteiger partial charge in [0.2, 0.25) is 11.8 Å². The van der Waals surface area contributed by atoms with Crippen molar-refractivity contribution in [1.29, 1.82) is 0 Å². The highest BCUT2D eigenvalue weighted by atomic mass is 35.5. The first-order chi connectivity index (χ1) is 41.1. The average molecular weight is 1230 g/mol. The fourth-order valence-corrected chi connectivity index (χ4v) is 12.0. The van der Waals surface area contributed by atoms with Gasteiger partial charge in [0.05, 0.1) is 37.8 Å². The van der Waals surface area contributed by atoms with Gasteiger partial charge in [-0.3, -0.25) is 33.6 Å². The third kappa shape index (κ3) is 19.5. The topological polar surface area (TPSA) is 280 Å². The largest absolute Gasteiger partial charge is 0.495 e. The molecule has 10 atom stereocenters. The summed E-state index contributed by atoms with van der Waals surface area (Å²) in [6, 6.07) is 6.84. The maximum atomic E-state index is 14.5. The Kier molecular flexibility index (Phi) is 26.8. The number of rotatable bonds is 28. The van der Waals surface area contributed by atoms with Crippen LogP contribution in [0.5, 0.6) is 5.75 Å². The van der Waals surface area contributed by atoms with Crippen LogP contribution in [-0.2, 0) is 65.4 Å². The summed E-state index contributed by atoms with van der Waals surface area (Å²) >= 11 is 6.86. The molecule has 480 valence electrons. The molecule has 4 bridgehead atoms. The first-order valence-electron chi connectivity index (χ1n) is 30.7. The summed E-state index contributed by atoms with van der Waals surface area (Å²) in [6.07, 6.45) is 7.15. The molecule has 2 saturated heterocycles. The van der Waals surface area contributed by atoms with Crippen molar-refractivity contribution in [3.8, 4) is 5.75 Å². The number of nitrogens with one attached hydrogen (secondary N) is 2. The minimum atomic E-state index is -1.65. The molecule has 87 heavy (non-hydrogen) atoms. The molecule has 20 nitrogen and oxygen atoms in total.